The van der Waals surface area contributed by atoms with Crippen LogP contribution in [0.4, 0.5) is 0 Å². The van der Waals surface area contributed by atoms with E-state index in [-0.39, 0.29) is 0 Å². The van der Waals surface area contributed by atoms with Crippen LogP contribution in [0.25, 0.3) is 11.3 Å². The number of halogens is 1. The van der Waals surface area contributed by atoms with E-state index in [0.717, 1.165) is 37.3 Å². The van der Waals surface area contributed by atoms with Crippen LogP contribution in [0.5, 0.6) is 11.5 Å². The summed E-state index contributed by atoms with van der Waals surface area (Å²) in [6.07, 6.45) is 0.998. The summed E-state index contributed by atoms with van der Waals surface area (Å²) in [6, 6.07) is 3.85. The van der Waals surface area contributed by atoms with Crippen LogP contribution in [-0.4, -0.2) is 41.9 Å². The molecule has 6 heteroatoms. The number of fused-ring (bicyclic) bond motifs is 1. The standard InChI is InChI=1S/C17H22ClN3O2/c1-4-21-7-6-14-12(10-21)16(20-19-14)11-8-13(18)17(22-3)15(9-11)23-5-2/h8-9H,4-7,10H2,1-3H3,(H,19,20). The molecule has 0 radical (unpaired) electrons. The molecule has 0 aliphatic carbocycles. The molecule has 2 aromatic rings. The highest BCUT2D eigenvalue weighted by atomic mass is 35.5. The van der Waals surface area contributed by atoms with Crippen molar-refractivity contribution in [3.63, 3.8) is 0 Å². The summed E-state index contributed by atoms with van der Waals surface area (Å²) >= 11 is 6.37. The maximum absolute atomic E-state index is 6.37. The summed E-state index contributed by atoms with van der Waals surface area (Å²) < 4.78 is 11.0. The van der Waals surface area contributed by atoms with E-state index in [1.807, 2.05) is 19.1 Å². The number of rotatable bonds is 5. The number of aromatic amines is 1. The van der Waals surface area contributed by atoms with Crippen LogP contribution in [0.15, 0.2) is 12.1 Å². The molecule has 1 aliphatic rings. The van der Waals surface area contributed by atoms with Gasteiger partial charge in [-0.15, -0.1) is 0 Å². The number of nitrogens with zero attached hydrogens (tertiary/aromatic N) is 2. The number of aromatic nitrogens is 2. The van der Waals surface area contributed by atoms with Gasteiger partial charge in [0.1, 0.15) is 0 Å². The molecule has 1 aromatic carbocycles. The topological polar surface area (TPSA) is 50.4 Å². The summed E-state index contributed by atoms with van der Waals surface area (Å²) in [5.74, 6) is 1.22. The van der Waals surface area contributed by atoms with Gasteiger partial charge in [-0.3, -0.25) is 10.00 Å². The number of H-pyrrole nitrogens is 1. The lowest BCUT2D eigenvalue weighted by molar-refractivity contribution is 0.267. The largest absolute Gasteiger partial charge is 0.491 e. The minimum Gasteiger partial charge on any atom is -0.491 e. The van der Waals surface area contributed by atoms with Gasteiger partial charge in [-0.25, -0.2) is 0 Å². The molecule has 1 N–H and O–H groups in total. The number of methoxy groups -OCH3 is 1. The third-order valence-corrected chi connectivity index (χ3v) is 4.53. The first kappa shape index (κ1) is 16.1. The smallest absolute Gasteiger partial charge is 0.179 e. The van der Waals surface area contributed by atoms with E-state index in [0.29, 0.717) is 23.1 Å². The van der Waals surface area contributed by atoms with Crippen molar-refractivity contribution >= 4 is 11.6 Å². The fourth-order valence-corrected chi connectivity index (χ4v) is 3.31. The van der Waals surface area contributed by atoms with Crippen LogP contribution in [0.3, 0.4) is 0 Å². The number of hydrogen-bond acceptors (Lipinski definition) is 4. The molecular weight excluding hydrogens is 314 g/mol. The quantitative estimate of drug-likeness (QED) is 0.908. The molecule has 0 bridgehead atoms. The molecule has 0 saturated carbocycles. The van der Waals surface area contributed by atoms with Crippen molar-refractivity contribution < 1.29 is 9.47 Å². The maximum Gasteiger partial charge on any atom is 0.179 e. The Morgan fingerprint density at radius 3 is 2.87 bits per heavy atom. The summed E-state index contributed by atoms with van der Waals surface area (Å²) in [4.78, 5) is 2.41. The molecule has 1 aliphatic heterocycles. The molecule has 5 nitrogen and oxygen atoms in total. The number of hydrogen-bond donors (Lipinski definition) is 1. The fraction of sp³-hybridized carbons (Fsp3) is 0.471. The number of nitrogens with one attached hydrogen (secondary N) is 1. The van der Waals surface area contributed by atoms with Gasteiger partial charge in [-0.05, 0) is 25.6 Å². The Bertz CT molecular complexity index is 699. The predicted octanol–water partition coefficient (Wildman–Crippen LogP) is 3.52. The zero-order valence-corrected chi connectivity index (χ0v) is 14.5. The molecular formula is C17H22ClN3O2. The van der Waals surface area contributed by atoms with E-state index in [9.17, 15) is 0 Å². The summed E-state index contributed by atoms with van der Waals surface area (Å²) in [7, 11) is 1.60. The van der Waals surface area contributed by atoms with E-state index in [2.05, 4.69) is 22.0 Å². The lowest BCUT2D eigenvalue weighted by Crippen LogP contribution is -2.30. The maximum atomic E-state index is 6.37. The van der Waals surface area contributed by atoms with Crippen LogP contribution >= 0.6 is 11.6 Å². The highest BCUT2D eigenvalue weighted by molar-refractivity contribution is 6.32. The minimum atomic E-state index is 0.536. The van der Waals surface area contributed by atoms with Gasteiger partial charge < -0.3 is 9.47 Å². The van der Waals surface area contributed by atoms with Crippen molar-refractivity contribution in [3.05, 3.63) is 28.4 Å². The van der Waals surface area contributed by atoms with Crippen molar-refractivity contribution in [2.75, 3.05) is 26.8 Å². The Morgan fingerprint density at radius 1 is 1.35 bits per heavy atom. The highest BCUT2D eigenvalue weighted by Gasteiger charge is 2.23. The normalized spacial score (nSPS) is 14.6. The highest BCUT2D eigenvalue weighted by Crippen LogP contribution is 2.40. The lowest BCUT2D eigenvalue weighted by atomic mass is 10.0. The first-order valence-corrected chi connectivity index (χ1v) is 8.34. The Hall–Kier alpha value is -1.72. The van der Waals surface area contributed by atoms with Crippen molar-refractivity contribution in [1.82, 2.24) is 15.1 Å². The molecule has 0 atom stereocenters. The zero-order valence-electron chi connectivity index (χ0n) is 13.8. The molecule has 3 rings (SSSR count). The predicted molar refractivity (Wildman–Crippen MR) is 91.4 cm³/mol. The Kier molecular flexibility index (Phi) is 4.78. The molecule has 0 saturated heterocycles. The molecule has 0 fully saturated rings. The van der Waals surface area contributed by atoms with Crippen LogP contribution in [0.1, 0.15) is 25.1 Å². The average molecular weight is 336 g/mol. The van der Waals surface area contributed by atoms with Crippen molar-refractivity contribution in [1.29, 1.82) is 0 Å². The van der Waals surface area contributed by atoms with Gasteiger partial charge in [-0.1, -0.05) is 18.5 Å². The van der Waals surface area contributed by atoms with Gasteiger partial charge in [0.25, 0.3) is 0 Å². The van der Waals surface area contributed by atoms with E-state index < -0.39 is 0 Å². The van der Waals surface area contributed by atoms with Gasteiger partial charge >= 0.3 is 0 Å². The van der Waals surface area contributed by atoms with Crippen LogP contribution in [0.2, 0.25) is 5.02 Å². The van der Waals surface area contributed by atoms with Gasteiger partial charge in [0.15, 0.2) is 11.5 Å². The first-order valence-electron chi connectivity index (χ1n) is 7.97. The first-order chi connectivity index (χ1) is 11.2. The molecule has 0 unspecified atom stereocenters. The SMILES string of the molecule is CCOc1cc(-c2n[nH]c3c2CN(CC)CC3)cc(Cl)c1OC. The van der Waals surface area contributed by atoms with Crippen LogP contribution in [0, 0.1) is 0 Å². The number of ether oxygens (including phenoxy) is 2. The molecule has 0 amide bonds. The second kappa shape index (κ2) is 6.81. The van der Waals surface area contributed by atoms with Gasteiger partial charge in [0.2, 0.25) is 0 Å². The Labute approximate surface area is 141 Å². The van der Waals surface area contributed by atoms with E-state index in [1.165, 1.54) is 11.3 Å². The van der Waals surface area contributed by atoms with E-state index >= 15 is 0 Å². The van der Waals surface area contributed by atoms with Crippen LogP contribution < -0.4 is 9.47 Å². The molecule has 124 valence electrons. The Morgan fingerprint density at radius 2 is 2.17 bits per heavy atom. The number of likely N-dealkylation sites (N-methyl/N-ethyl adjacent to an activating group) is 1. The van der Waals surface area contributed by atoms with Gasteiger partial charge in [-0.2, -0.15) is 5.10 Å². The third kappa shape index (κ3) is 3.03. The zero-order chi connectivity index (χ0) is 16.4. The van der Waals surface area contributed by atoms with Gasteiger partial charge in [0, 0.05) is 36.3 Å². The monoisotopic (exact) mass is 335 g/mol. The lowest BCUT2D eigenvalue weighted by Gasteiger charge is -2.25. The Balaban J connectivity index is 2.04. The average Bonchev–Trinajstić information content (AvgIpc) is 2.97. The summed E-state index contributed by atoms with van der Waals surface area (Å²) in [6.45, 7) is 7.69. The fourth-order valence-electron chi connectivity index (χ4n) is 3.03. The van der Waals surface area contributed by atoms with Crippen molar-refractivity contribution in [2.45, 2.75) is 26.8 Å². The van der Waals surface area contributed by atoms with Crippen LogP contribution in [-0.2, 0) is 13.0 Å². The third-order valence-electron chi connectivity index (χ3n) is 4.25. The second-order valence-electron chi connectivity index (χ2n) is 5.57. The summed E-state index contributed by atoms with van der Waals surface area (Å²) in [5, 5.41) is 8.24. The van der Waals surface area contributed by atoms with Crippen molar-refractivity contribution in [2.24, 2.45) is 0 Å². The minimum absolute atomic E-state index is 0.536. The molecule has 2 heterocycles. The second-order valence-corrected chi connectivity index (χ2v) is 5.98. The summed E-state index contributed by atoms with van der Waals surface area (Å²) in [5.41, 5.74) is 4.37. The van der Waals surface area contributed by atoms with Crippen molar-refractivity contribution in [3.8, 4) is 22.8 Å². The van der Waals surface area contributed by atoms with E-state index in [4.69, 9.17) is 21.1 Å². The molecule has 0 spiro atoms. The molecule has 1 aromatic heterocycles. The molecule has 23 heavy (non-hydrogen) atoms. The van der Waals surface area contributed by atoms with Gasteiger partial charge in [0.05, 0.1) is 24.4 Å². The number of benzene rings is 1. The van der Waals surface area contributed by atoms with E-state index in [1.54, 1.807) is 7.11 Å².